The van der Waals surface area contributed by atoms with Crippen molar-refractivity contribution in [1.82, 2.24) is 0 Å². The molecule has 0 aromatic carbocycles. The van der Waals surface area contributed by atoms with Gasteiger partial charge >= 0.3 is 0 Å². The molecule has 0 saturated carbocycles. The molecule has 64 valence electrons. The van der Waals surface area contributed by atoms with Gasteiger partial charge in [-0.15, -0.1) is 0 Å². The summed E-state index contributed by atoms with van der Waals surface area (Å²) in [6, 6.07) is 0. The van der Waals surface area contributed by atoms with Crippen molar-refractivity contribution in [1.29, 1.82) is 0 Å². The molecule has 0 aromatic heterocycles. The number of rotatable bonds is 3. The Morgan fingerprint density at radius 2 is 1.11 bits per heavy atom. The topological polar surface area (TPSA) is 81.5 Å². The summed E-state index contributed by atoms with van der Waals surface area (Å²) in [6.07, 6.45) is 0. The fourth-order valence-corrected chi connectivity index (χ4v) is 0.167. The molecular formula is C4H14NiO4. The van der Waals surface area contributed by atoms with Crippen LogP contribution in [0.3, 0.4) is 0 Å². The fourth-order valence-electron chi connectivity index (χ4n) is 0.167. The Morgan fingerprint density at radius 3 is 1.22 bits per heavy atom. The van der Waals surface area contributed by atoms with Crippen LogP contribution < -0.4 is 0 Å². The third-order valence-corrected chi connectivity index (χ3v) is 0.492. The molecule has 0 heterocycles. The van der Waals surface area contributed by atoms with Crippen LogP contribution in [-0.2, 0) is 26.0 Å². The van der Waals surface area contributed by atoms with Crippen LogP contribution in [0, 0.1) is 0 Å². The maximum atomic E-state index is 4.66. The molecule has 0 aliphatic heterocycles. The van der Waals surface area contributed by atoms with Crippen LogP contribution in [0.2, 0.25) is 0 Å². The van der Waals surface area contributed by atoms with E-state index in [0.29, 0.717) is 13.2 Å². The first-order valence-corrected chi connectivity index (χ1v) is 1.89. The fraction of sp³-hybridized carbons (Fsp3) is 1.00. The minimum absolute atomic E-state index is 0. The minimum Gasteiger partial charge on any atom is -0.412 e. The molecule has 0 unspecified atom stereocenters. The van der Waals surface area contributed by atoms with E-state index in [1.54, 1.807) is 14.2 Å². The maximum absolute atomic E-state index is 4.66. The zero-order chi connectivity index (χ0) is 4.83. The molecular weight excluding hydrogens is 171 g/mol. The Bertz CT molecular complexity index is 24.5. The van der Waals surface area contributed by atoms with Crippen LogP contribution in [0.25, 0.3) is 0 Å². The van der Waals surface area contributed by atoms with Gasteiger partial charge in [-0.2, -0.15) is 0 Å². The Morgan fingerprint density at radius 1 is 0.889 bits per heavy atom. The van der Waals surface area contributed by atoms with Gasteiger partial charge in [0.25, 0.3) is 0 Å². The third kappa shape index (κ3) is 30.1. The summed E-state index contributed by atoms with van der Waals surface area (Å²) in [4.78, 5) is 0. The van der Waals surface area contributed by atoms with Crippen molar-refractivity contribution < 1.29 is 36.9 Å². The van der Waals surface area contributed by atoms with Gasteiger partial charge in [0.05, 0.1) is 13.2 Å². The van der Waals surface area contributed by atoms with Gasteiger partial charge in [-0.05, 0) is 0 Å². The predicted octanol–water partition coefficient (Wildman–Crippen LogP) is -1.37. The van der Waals surface area contributed by atoms with Crippen LogP contribution >= 0.6 is 0 Å². The summed E-state index contributed by atoms with van der Waals surface area (Å²) >= 11 is 0. The number of methoxy groups -OCH3 is 2. The number of ether oxygens (including phenoxy) is 2. The number of hydrogen-bond donors (Lipinski definition) is 0. The van der Waals surface area contributed by atoms with E-state index in [9.17, 15) is 0 Å². The first-order valence-electron chi connectivity index (χ1n) is 1.89. The standard InChI is InChI=1S/C4H10O2.Ni.2H2O/c1-5-3-4-6-2;;;/h3-4H2,1-2H3;;2*1H2. The van der Waals surface area contributed by atoms with Crippen LogP contribution in [0.5, 0.6) is 0 Å². The van der Waals surface area contributed by atoms with Gasteiger partial charge in [0.2, 0.25) is 0 Å². The summed E-state index contributed by atoms with van der Waals surface area (Å²) in [6.45, 7) is 1.38. The molecule has 4 N–H and O–H groups in total. The van der Waals surface area contributed by atoms with Crippen LogP contribution in [0.15, 0.2) is 0 Å². The monoisotopic (exact) mass is 184 g/mol. The Balaban J connectivity index is -0.0000000417. The van der Waals surface area contributed by atoms with E-state index in [0.717, 1.165) is 0 Å². The number of hydrogen-bond acceptors (Lipinski definition) is 2. The first-order chi connectivity index (χ1) is 2.91. The molecule has 0 fully saturated rings. The van der Waals surface area contributed by atoms with E-state index < -0.39 is 0 Å². The normalized spacial score (nSPS) is 6.00. The summed E-state index contributed by atoms with van der Waals surface area (Å²) in [5.74, 6) is 0. The molecule has 0 spiro atoms. The molecule has 0 aliphatic carbocycles. The van der Waals surface area contributed by atoms with Gasteiger partial charge < -0.3 is 20.4 Å². The Kier molecular flexibility index (Phi) is 60.4. The quantitative estimate of drug-likeness (QED) is 0.401. The summed E-state index contributed by atoms with van der Waals surface area (Å²) < 4.78 is 9.31. The van der Waals surface area contributed by atoms with Crippen molar-refractivity contribution in [2.75, 3.05) is 27.4 Å². The average molecular weight is 185 g/mol. The largest absolute Gasteiger partial charge is 0.412 e. The molecule has 4 nitrogen and oxygen atoms in total. The molecule has 0 bridgehead atoms. The van der Waals surface area contributed by atoms with Gasteiger partial charge in [-0.25, -0.2) is 0 Å². The van der Waals surface area contributed by atoms with Crippen molar-refractivity contribution in [3.05, 3.63) is 0 Å². The summed E-state index contributed by atoms with van der Waals surface area (Å²) in [7, 11) is 3.30. The predicted molar refractivity (Wildman–Crippen MR) is 31.0 cm³/mol. The van der Waals surface area contributed by atoms with E-state index in [1.165, 1.54) is 0 Å². The van der Waals surface area contributed by atoms with Gasteiger partial charge in [0, 0.05) is 30.7 Å². The maximum Gasteiger partial charge on any atom is 0.0696 e. The van der Waals surface area contributed by atoms with Crippen molar-refractivity contribution in [3.63, 3.8) is 0 Å². The smallest absolute Gasteiger partial charge is 0.0696 e. The van der Waals surface area contributed by atoms with Crippen molar-refractivity contribution in [2.24, 2.45) is 0 Å². The minimum atomic E-state index is 0. The summed E-state index contributed by atoms with van der Waals surface area (Å²) in [5, 5.41) is 0. The SMILES string of the molecule is COCCOC.O.O.[Ni]. The van der Waals surface area contributed by atoms with Gasteiger partial charge in [0.1, 0.15) is 0 Å². The molecule has 5 heteroatoms. The molecule has 0 radical (unpaired) electrons. The van der Waals surface area contributed by atoms with E-state index in [-0.39, 0.29) is 27.4 Å². The van der Waals surface area contributed by atoms with Gasteiger partial charge in [-0.1, -0.05) is 0 Å². The van der Waals surface area contributed by atoms with Crippen LogP contribution in [0.1, 0.15) is 0 Å². The van der Waals surface area contributed by atoms with Gasteiger partial charge in [-0.3, -0.25) is 0 Å². The van der Waals surface area contributed by atoms with Crippen molar-refractivity contribution in [2.45, 2.75) is 0 Å². The van der Waals surface area contributed by atoms with E-state index in [1.807, 2.05) is 0 Å². The van der Waals surface area contributed by atoms with Crippen LogP contribution in [-0.4, -0.2) is 38.4 Å². The molecule has 0 aliphatic rings. The van der Waals surface area contributed by atoms with E-state index in [4.69, 9.17) is 0 Å². The molecule has 0 rings (SSSR count). The van der Waals surface area contributed by atoms with Gasteiger partial charge in [0.15, 0.2) is 0 Å². The molecule has 0 amide bonds. The van der Waals surface area contributed by atoms with E-state index >= 15 is 0 Å². The second-order valence-electron chi connectivity index (χ2n) is 0.986. The Hall–Kier alpha value is 0.334. The average Bonchev–Trinajstić information content (AvgIpc) is 1.61. The molecule has 9 heavy (non-hydrogen) atoms. The second-order valence-corrected chi connectivity index (χ2v) is 0.986. The van der Waals surface area contributed by atoms with E-state index in [2.05, 4.69) is 9.47 Å². The van der Waals surface area contributed by atoms with Crippen LogP contribution in [0.4, 0.5) is 0 Å². The third-order valence-electron chi connectivity index (χ3n) is 0.492. The molecule has 0 saturated heterocycles. The molecule has 0 aromatic rings. The molecule has 0 atom stereocenters. The summed E-state index contributed by atoms with van der Waals surface area (Å²) in [5.41, 5.74) is 0. The zero-order valence-corrected chi connectivity index (χ0v) is 6.53. The van der Waals surface area contributed by atoms with Crippen molar-refractivity contribution >= 4 is 0 Å². The second kappa shape index (κ2) is 23.9. The first kappa shape index (κ1) is 22.8. The zero-order valence-electron chi connectivity index (χ0n) is 5.55. The van der Waals surface area contributed by atoms with Crippen molar-refractivity contribution in [3.8, 4) is 0 Å². The Labute approximate surface area is 65.1 Å².